The van der Waals surface area contributed by atoms with E-state index < -0.39 is 0 Å². The van der Waals surface area contributed by atoms with Crippen LogP contribution in [0.3, 0.4) is 0 Å². The van der Waals surface area contributed by atoms with Gasteiger partial charge in [0.25, 0.3) is 0 Å². The predicted molar refractivity (Wildman–Crippen MR) is 98.5 cm³/mol. The fraction of sp³-hybridized carbons (Fsp3) is 0.900. The first-order valence-electron chi connectivity index (χ1n) is 9.90. The van der Waals surface area contributed by atoms with Crippen LogP contribution in [0.2, 0.25) is 0 Å². The van der Waals surface area contributed by atoms with E-state index in [1.54, 1.807) is 0 Å². The molecule has 0 bridgehead atoms. The lowest BCUT2D eigenvalue weighted by atomic mass is 10.1. The van der Waals surface area contributed by atoms with E-state index in [-0.39, 0.29) is 0 Å². The average molecular weight is 312 g/mol. The zero-order chi connectivity index (χ0) is 16.3. The topological polar surface area (TPSA) is 23.5 Å². The maximum Gasteiger partial charge on any atom is 0.0238 e. The summed E-state index contributed by atoms with van der Waals surface area (Å²) in [5.41, 5.74) is 0. The Kier molecular flexibility index (Phi) is 18.4. The predicted octanol–water partition coefficient (Wildman–Crippen LogP) is 6.74. The number of unbranched alkanes of at least 4 members (excludes halogenated alkanes) is 12. The highest BCUT2D eigenvalue weighted by atomic mass is 16.5. The fourth-order valence-corrected chi connectivity index (χ4v) is 2.70. The number of hydroxylamine groups is 2. The van der Waals surface area contributed by atoms with Crippen molar-refractivity contribution in [3.63, 3.8) is 0 Å². The summed E-state index contributed by atoms with van der Waals surface area (Å²) in [6.45, 7) is 5.83. The molecule has 0 aliphatic heterocycles. The molecule has 0 saturated heterocycles. The molecule has 22 heavy (non-hydrogen) atoms. The third-order valence-corrected chi connectivity index (χ3v) is 4.29. The Labute approximate surface area is 139 Å². The van der Waals surface area contributed by atoms with Gasteiger partial charge in [-0.2, -0.15) is 5.06 Å². The summed E-state index contributed by atoms with van der Waals surface area (Å²) in [5, 5.41) is 10.7. The van der Waals surface area contributed by atoms with Gasteiger partial charge in [-0.1, -0.05) is 83.8 Å². The number of allylic oxidation sites excluding steroid dienone is 2. The molecule has 0 heterocycles. The minimum Gasteiger partial charge on any atom is -0.314 e. The van der Waals surface area contributed by atoms with Crippen LogP contribution < -0.4 is 0 Å². The molecule has 0 aromatic heterocycles. The van der Waals surface area contributed by atoms with E-state index >= 15 is 0 Å². The Morgan fingerprint density at radius 1 is 0.636 bits per heavy atom. The van der Waals surface area contributed by atoms with Crippen LogP contribution in [0.5, 0.6) is 0 Å². The van der Waals surface area contributed by atoms with Crippen LogP contribution >= 0.6 is 0 Å². The van der Waals surface area contributed by atoms with Crippen LogP contribution in [0.1, 0.15) is 104 Å². The van der Waals surface area contributed by atoms with Crippen LogP contribution in [-0.4, -0.2) is 23.4 Å². The molecule has 0 atom stereocenters. The minimum absolute atomic E-state index is 0.741. The zero-order valence-corrected chi connectivity index (χ0v) is 15.4. The molecule has 132 valence electrons. The second-order valence-corrected chi connectivity index (χ2v) is 6.48. The molecular weight excluding hydrogens is 270 g/mol. The van der Waals surface area contributed by atoms with Crippen LogP contribution in [0, 0.1) is 0 Å². The summed E-state index contributed by atoms with van der Waals surface area (Å²) in [7, 11) is 0. The van der Waals surface area contributed by atoms with E-state index in [0.717, 1.165) is 19.5 Å². The molecule has 0 rings (SSSR count). The van der Waals surface area contributed by atoms with Crippen molar-refractivity contribution in [2.75, 3.05) is 13.1 Å². The lowest BCUT2D eigenvalue weighted by Gasteiger charge is -2.10. The van der Waals surface area contributed by atoms with Gasteiger partial charge in [0, 0.05) is 13.1 Å². The molecule has 0 aliphatic carbocycles. The summed E-state index contributed by atoms with van der Waals surface area (Å²) in [4.78, 5) is 0. The van der Waals surface area contributed by atoms with E-state index in [4.69, 9.17) is 0 Å². The molecule has 0 aromatic carbocycles. The smallest absolute Gasteiger partial charge is 0.0238 e. The summed E-state index contributed by atoms with van der Waals surface area (Å²) < 4.78 is 0. The van der Waals surface area contributed by atoms with Crippen molar-refractivity contribution >= 4 is 0 Å². The summed E-state index contributed by atoms with van der Waals surface area (Å²) >= 11 is 0. The molecule has 0 aromatic rings. The average Bonchev–Trinajstić information content (AvgIpc) is 2.54. The molecular formula is C20H41NO. The highest BCUT2D eigenvalue weighted by Crippen LogP contribution is 2.10. The molecule has 0 spiro atoms. The molecule has 0 fully saturated rings. The minimum atomic E-state index is 0.741. The summed E-state index contributed by atoms with van der Waals surface area (Å²) in [6.07, 6.45) is 23.5. The molecule has 0 saturated carbocycles. The van der Waals surface area contributed by atoms with Crippen molar-refractivity contribution in [3.8, 4) is 0 Å². The molecule has 2 nitrogen and oxygen atoms in total. The molecule has 1 N–H and O–H groups in total. The van der Waals surface area contributed by atoms with Gasteiger partial charge in [-0.25, -0.2) is 0 Å². The summed E-state index contributed by atoms with van der Waals surface area (Å²) in [5.74, 6) is 0. The Hall–Kier alpha value is -0.340. The van der Waals surface area contributed by atoms with Crippen LogP contribution in [-0.2, 0) is 0 Å². The van der Waals surface area contributed by atoms with Gasteiger partial charge in [0.15, 0.2) is 0 Å². The first kappa shape index (κ1) is 21.7. The second-order valence-electron chi connectivity index (χ2n) is 6.48. The monoisotopic (exact) mass is 311 g/mol. The number of hydrogen-bond donors (Lipinski definition) is 1. The molecule has 0 aliphatic rings. The lowest BCUT2D eigenvalue weighted by Crippen LogP contribution is -2.19. The first-order valence-corrected chi connectivity index (χ1v) is 9.90. The van der Waals surface area contributed by atoms with Crippen molar-refractivity contribution < 1.29 is 5.21 Å². The van der Waals surface area contributed by atoms with Gasteiger partial charge in [-0.3, -0.25) is 0 Å². The lowest BCUT2D eigenvalue weighted by molar-refractivity contribution is -0.0869. The second kappa shape index (κ2) is 18.7. The highest BCUT2D eigenvalue weighted by Gasteiger charge is 1.96. The SMILES string of the molecule is CCCCCCCC/C=C\CCCCCCCCN(O)CC. The van der Waals surface area contributed by atoms with E-state index in [0.29, 0.717) is 0 Å². The zero-order valence-electron chi connectivity index (χ0n) is 15.4. The largest absolute Gasteiger partial charge is 0.314 e. The number of hydrogen-bond acceptors (Lipinski definition) is 2. The maximum atomic E-state index is 9.30. The third-order valence-electron chi connectivity index (χ3n) is 4.29. The van der Waals surface area contributed by atoms with Gasteiger partial charge in [-0.05, 0) is 32.1 Å². The van der Waals surface area contributed by atoms with E-state index in [9.17, 15) is 5.21 Å². The van der Waals surface area contributed by atoms with Gasteiger partial charge in [-0.15, -0.1) is 0 Å². The quantitative estimate of drug-likeness (QED) is 0.183. The number of rotatable bonds is 17. The normalized spacial score (nSPS) is 11.8. The fourth-order valence-electron chi connectivity index (χ4n) is 2.70. The highest BCUT2D eigenvalue weighted by molar-refractivity contribution is 4.81. The molecule has 2 heteroatoms. The van der Waals surface area contributed by atoms with E-state index in [1.807, 2.05) is 6.92 Å². The van der Waals surface area contributed by atoms with Gasteiger partial charge in [0.1, 0.15) is 0 Å². The Balaban J connectivity index is 3.08. The van der Waals surface area contributed by atoms with Crippen LogP contribution in [0.25, 0.3) is 0 Å². The first-order chi connectivity index (χ1) is 10.8. The van der Waals surface area contributed by atoms with E-state index in [1.165, 1.54) is 88.5 Å². The molecule has 0 radical (unpaired) electrons. The van der Waals surface area contributed by atoms with Crippen molar-refractivity contribution in [2.45, 2.75) is 104 Å². The third kappa shape index (κ3) is 17.7. The Bertz CT molecular complexity index is 228. The molecule has 0 amide bonds. The maximum absolute atomic E-state index is 9.30. The van der Waals surface area contributed by atoms with Crippen molar-refractivity contribution in [1.82, 2.24) is 5.06 Å². The van der Waals surface area contributed by atoms with Crippen LogP contribution in [0.4, 0.5) is 0 Å². The molecule has 0 unspecified atom stereocenters. The number of nitrogens with zero attached hydrogens (tertiary/aromatic N) is 1. The Morgan fingerprint density at radius 2 is 1.09 bits per heavy atom. The van der Waals surface area contributed by atoms with Crippen molar-refractivity contribution in [2.24, 2.45) is 0 Å². The standard InChI is InChI=1S/C20H41NO/c1-3-5-6-7-8-9-10-11-12-13-14-15-16-17-18-19-20-21(22)4-2/h11-12,22H,3-10,13-20H2,1-2H3/b12-11-. The van der Waals surface area contributed by atoms with Gasteiger partial charge >= 0.3 is 0 Å². The van der Waals surface area contributed by atoms with Gasteiger partial charge in [0.2, 0.25) is 0 Å². The summed E-state index contributed by atoms with van der Waals surface area (Å²) in [6, 6.07) is 0. The van der Waals surface area contributed by atoms with E-state index in [2.05, 4.69) is 19.1 Å². The van der Waals surface area contributed by atoms with Gasteiger partial charge in [0.05, 0.1) is 0 Å². The van der Waals surface area contributed by atoms with Crippen molar-refractivity contribution in [3.05, 3.63) is 12.2 Å². The van der Waals surface area contributed by atoms with Crippen LogP contribution in [0.15, 0.2) is 12.2 Å². The Morgan fingerprint density at radius 3 is 1.59 bits per heavy atom. The van der Waals surface area contributed by atoms with Crippen molar-refractivity contribution in [1.29, 1.82) is 0 Å². The van der Waals surface area contributed by atoms with Gasteiger partial charge < -0.3 is 5.21 Å².